The van der Waals surface area contributed by atoms with E-state index in [0.29, 0.717) is 5.11 Å². The molecule has 6 heteroatoms. The minimum Gasteiger partial charge on any atom is -0.362 e. The quantitative estimate of drug-likeness (QED) is 0.525. The third kappa shape index (κ3) is 6.77. The zero-order valence-corrected chi connectivity index (χ0v) is 14.9. The van der Waals surface area contributed by atoms with Gasteiger partial charge in [-0.05, 0) is 60.3 Å². The van der Waals surface area contributed by atoms with Gasteiger partial charge in [0.1, 0.15) is 5.82 Å². The Morgan fingerprint density at radius 3 is 2.61 bits per heavy atom. The Morgan fingerprint density at radius 1 is 1.13 bits per heavy atom. The molecule has 0 fully saturated rings. The molecule has 0 amide bonds. The van der Waals surface area contributed by atoms with Crippen LogP contribution in [0.1, 0.15) is 12.0 Å². The molecule has 2 nitrogen and oxygen atoms in total. The van der Waals surface area contributed by atoms with E-state index in [0.717, 1.165) is 35.2 Å². The van der Waals surface area contributed by atoms with Gasteiger partial charge in [0.25, 0.3) is 0 Å². The second-order valence-electron chi connectivity index (χ2n) is 4.89. The zero-order chi connectivity index (χ0) is 16.5. The molecule has 0 aliphatic rings. The summed E-state index contributed by atoms with van der Waals surface area (Å²) in [4.78, 5) is 0. The summed E-state index contributed by atoms with van der Waals surface area (Å²) in [5.41, 5.74) is 1.94. The Kier molecular flexibility index (Phi) is 7.65. The molecule has 0 unspecified atom stereocenters. The molecule has 2 N–H and O–H groups in total. The van der Waals surface area contributed by atoms with Crippen molar-refractivity contribution in [3.8, 4) is 0 Å². The van der Waals surface area contributed by atoms with E-state index in [1.54, 1.807) is 12.1 Å². The van der Waals surface area contributed by atoms with Crippen molar-refractivity contribution in [1.82, 2.24) is 5.32 Å². The van der Waals surface area contributed by atoms with Crippen LogP contribution in [-0.4, -0.2) is 17.4 Å². The van der Waals surface area contributed by atoms with Gasteiger partial charge in [0, 0.05) is 23.0 Å². The number of hydrogen-bond donors (Lipinski definition) is 2. The summed E-state index contributed by atoms with van der Waals surface area (Å²) in [7, 11) is 0. The lowest BCUT2D eigenvalue weighted by molar-refractivity contribution is 0.628. The highest BCUT2D eigenvalue weighted by Gasteiger charge is 2.00. The van der Waals surface area contributed by atoms with Gasteiger partial charge in [0.2, 0.25) is 0 Å². The molecular weight excluding hydrogens is 351 g/mol. The smallest absolute Gasteiger partial charge is 0.170 e. The van der Waals surface area contributed by atoms with Crippen LogP contribution < -0.4 is 10.6 Å². The molecule has 0 saturated carbocycles. The maximum Gasteiger partial charge on any atom is 0.170 e. The zero-order valence-electron chi connectivity index (χ0n) is 12.5. The normalized spacial score (nSPS) is 10.3. The predicted octanol–water partition coefficient (Wildman–Crippen LogP) is 5.09. The molecule has 0 radical (unpaired) electrons. The van der Waals surface area contributed by atoms with E-state index in [-0.39, 0.29) is 5.82 Å². The largest absolute Gasteiger partial charge is 0.362 e. The topological polar surface area (TPSA) is 24.1 Å². The third-order valence-corrected chi connectivity index (χ3v) is 4.78. The fourth-order valence-electron chi connectivity index (χ4n) is 1.88. The fraction of sp³-hybridized carbons (Fsp3) is 0.235. The summed E-state index contributed by atoms with van der Waals surface area (Å²) >= 11 is 13.2. The van der Waals surface area contributed by atoms with Crippen molar-refractivity contribution in [2.45, 2.75) is 12.2 Å². The monoisotopic (exact) mass is 368 g/mol. The van der Waals surface area contributed by atoms with Crippen LogP contribution in [-0.2, 0) is 5.75 Å². The first-order chi connectivity index (χ1) is 11.1. The van der Waals surface area contributed by atoms with Crippen molar-refractivity contribution in [3.63, 3.8) is 0 Å². The lowest BCUT2D eigenvalue weighted by Gasteiger charge is -2.10. The summed E-state index contributed by atoms with van der Waals surface area (Å²) in [5, 5.41) is 7.54. The molecule has 0 bridgehead atoms. The van der Waals surface area contributed by atoms with E-state index in [4.69, 9.17) is 23.8 Å². The average molecular weight is 369 g/mol. The van der Waals surface area contributed by atoms with Crippen molar-refractivity contribution < 1.29 is 4.39 Å². The Hall–Kier alpha value is -1.30. The van der Waals surface area contributed by atoms with Gasteiger partial charge in [-0.25, -0.2) is 4.39 Å². The minimum absolute atomic E-state index is 0.259. The van der Waals surface area contributed by atoms with Crippen molar-refractivity contribution in [1.29, 1.82) is 0 Å². The van der Waals surface area contributed by atoms with Crippen LogP contribution in [0.15, 0.2) is 48.5 Å². The predicted molar refractivity (Wildman–Crippen MR) is 103 cm³/mol. The molecule has 23 heavy (non-hydrogen) atoms. The van der Waals surface area contributed by atoms with E-state index in [9.17, 15) is 4.39 Å². The summed E-state index contributed by atoms with van der Waals surface area (Å²) in [6.45, 7) is 0.794. The average Bonchev–Trinajstić information content (AvgIpc) is 2.54. The van der Waals surface area contributed by atoms with Crippen LogP contribution in [0.2, 0.25) is 5.02 Å². The molecule has 0 aliphatic carbocycles. The van der Waals surface area contributed by atoms with Crippen molar-refractivity contribution in [2.75, 3.05) is 17.6 Å². The van der Waals surface area contributed by atoms with Crippen LogP contribution in [0.3, 0.4) is 0 Å². The van der Waals surface area contributed by atoms with Crippen molar-refractivity contribution >= 4 is 46.4 Å². The molecule has 0 aromatic heterocycles. The number of thioether (sulfide) groups is 1. The van der Waals surface area contributed by atoms with Crippen molar-refractivity contribution in [3.05, 3.63) is 64.9 Å². The molecule has 122 valence electrons. The Labute approximate surface area is 150 Å². The standard InChI is InChI=1S/C17H18ClFN2S2/c18-16-5-2-1-4-13(16)12-23-11-3-10-20-17(22)21-15-8-6-14(19)7-9-15/h1-2,4-9H,3,10-12H2,(H2,20,21,22). The molecule has 0 aliphatic heterocycles. The lowest BCUT2D eigenvalue weighted by atomic mass is 10.2. The third-order valence-electron chi connectivity index (χ3n) is 3.07. The van der Waals surface area contributed by atoms with Crippen LogP contribution in [0.4, 0.5) is 10.1 Å². The Bertz CT molecular complexity index is 635. The molecular formula is C17H18ClFN2S2. The van der Waals surface area contributed by atoms with Gasteiger partial charge in [0.15, 0.2) is 5.11 Å². The minimum atomic E-state index is -0.259. The molecule has 2 aromatic rings. The van der Waals surface area contributed by atoms with Gasteiger partial charge in [-0.1, -0.05) is 29.8 Å². The van der Waals surface area contributed by atoms with E-state index >= 15 is 0 Å². The molecule has 0 saturated heterocycles. The van der Waals surface area contributed by atoms with Gasteiger partial charge in [0.05, 0.1) is 0 Å². The summed E-state index contributed by atoms with van der Waals surface area (Å²) in [6, 6.07) is 14.0. The number of rotatable bonds is 7. The second kappa shape index (κ2) is 9.75. The van der Waals surface area contributed by atoms with Crippen LogP contribution in [0, 0.1) is 5.82 Å². The summed E-state index contributed by atoms with van der Waals surface area (Å²) < 4.78 is 12.8. The fourth-order valence-corrected chi connectivity index (χ4v) is 3.35. The number of benzene rings is 2. The van der Waals surface area contributed by atoms with Gasteiger partial charge in [-0.15, -0.1) is 0 Å². The van der Waals surface area contributed by atoms with E-state index in [1.165, 1.54) is 17.7 Å². The van der Waals surface area contributed by atoms with Crippen molar-refractivity contribution in [2.24, 2.45) is 0 Å². The molecule has 0 atom stereocenters. The van der Waals surface area contributed by atoms with E-state index in [1.807, 2.05) is 30.0 Å². The van der Waals surface area contributed by atoms with Crippen LogP contribution in [0.5, 0.6) is 0 Å². The number of hydrogen-bond acceptors (Lipinski definition) is 2. The number of nitrogens with one attached hydrogen (secondary N) is 2. The van der Waals surface area contributed by atoms with Gasteiger partial charge in [-0.2, -0.15) is 11.8 Å². The first kappa shape index (κ1) is 18.0. The molecule has 0 heterocycles. The Balaban J connectivity index is 1.57. The van der Waals surface area contributed by atoms with Gasteiger partial charge >= 0.3 is 0 Å². The number of halogens is 2. The molecule has 0 spiro atoms. The SMILES string of the molecule is Fc1ccc(NC(=S)NCCCSCc2ccccc2Cl)cc1. The maximum atomic E-state index is 12.8. The van der Waals surface area contributed by atoms with Gasteiger partial charge in [-0.3, -0.25) is 0 Å². The first-order valence-corrected chi connectivity index (χ1v) is 9.21. The highest BCUT2D eigenvalue weighted by Crippen LogP contribution is 2.20. The lowest BCUT2D eigenvalue weighted by Crippen LogP contribution is -2.29. The molecule has 2 rings (SSSR count). The second-order valence-corrected chi connectivity index (χ2v) is 6.81. The van der Waals surface area contributed by atoms with E-state index < -0.39 is 0 Å². The highest BCUT2D eigenvalue weighted by atomic mass is 35.5. The maximum absolute atomic E-state index is 12.8. The molecule has 2 aromatic carbocycles. The van der Waals surface area contributed by atoms with Gasteiger partial charge < -0.3 is 10.6 Å². The first-order valence-electron chi connectivity index (χ1n) is 7.27. The Morgan fingerprint density at radius 2 is 1.87 bits per heavy atom. The van der Waals surface area contributed by atoms with Crippen LogP contribution in [0.25, 0.3) is 0 Å². The van der Waals surface area contributed by atoms with E-state index in [2.05, 4.69) is 16.7 Å². The summed E-state index contributed by atoms with van der Waals surface area (Å²) in [5.74, 6) is 1.68. The summed E-state index contributed by atoms with van der Waals surface area (Å²) in [6.07, 6.45) is 1.00. The van der Waals surface area contributed by atoms with Crippen LogP contribution >= 0.6 is 35.6 Å². The number of anilines is 1. The number of thiocarbonyl (C=S) groups is 1. The highest BCUT2D eigenvalue weighted by molar-refractivity contribution is 7.98.